The molecule has 2 aliphatic rings. The first-order chi connectivity index (χ1) is 19.3. The molecule has 200 valence electrons. The fraction of sp³-hybridized carbons (Fsp3) is 0.172. The van der Waals surface area contributed by atoms with Crippen molar-refractivity contribution >= 4 is 46.5 Å². The highest BCUT2D eigenvalue weighted by molar-refractivity contribution is 6.11. The Kier molecular flexibility index (Phi) is 6.10. The normalized spacial score (nSPS) is 16.2. The molecule has 0 saturated carbocycles. The van der Waals surface area contributed by atoms with Crippen LogP contribution in [0.25, 0.3) is 16.6 Å². The van der Waals surface area contributed by atoms with Gasteiger partial charge in [-0.3, -0.25) is 10.3 Å². The van der Waals surface area contributed by atoms with Crippen LogP contribution in [0.1, 0.15) is 26.5 Å². The first-order valence-corrected chi connectivity index (χ1v) is 12.7. The van der Waals surface area contributed by atoms with E-state index in [0.717, 1.165) is 11.4 Å². The molecule has 1 unspecified atom stereocenters. The van der Waals surface area contributed by atoms with Crippen molar-refractivity contribution in [2.45, 2.75) is 32.2 Å². The van der Waals surface area contributed by atoms with E-state index in [0.29, 0.717) is 39.8 Å². The number of fused-ring (bicyclic) bond motifs is 2. The maximum Gasteiger partial charge on any atom is 0.343 e. The number of carbonyl (C=O) groups is 2. The Hall–Kier alpha value is -5.32. The second-order valence-electron chi connectivity index (χ2n) is 10.3. The maximum atomic E-state index is 13.2. The topological polar surface area (TPSA) is 135 Å². The summed E-state index contributed by atoms with van der Waals surface area (Å²) in [6.07, 6.45) is 4.85. The number of rotatable bonds is 5. The lowest BCUT2D eigenvalue weighted by atomic mass is 9.92. The number of dihydropyridines is 1. The molecule has 11 nitrogen and oxygen atoms in total. The predicted molar refractivity (Wildman–Crippen MR) is 154 cm³/mol. The molecule has 0 radical (unpaired) electrons. The smallest absolute Gasteiger partial charge is 0.343 e. The number of amidine groups is 1. The van der Waals surface area contributed by atoms with E-state index < -0.39 is 18.1 Å². The average Bonchev–Trinajstić information content (AvgIpc) is 3.54. The zero-order valence-electron chi connectivity index (χ0n) is 22.0. The monoisotopic (exact) mass is 534 g/mol. The van der Waals surface area contributed by atoms with Crippen LogP contribution in [0.2, 0.25) is 0 Å². The van der Waals surface area contributed by atoms with E-state index in [2.05, 4.69) is 51.7 Å². The van der Waals surface area contributed by atoms with Crippen LogP contribution in [0.5, 0.6) is 5.75 Å². The van der Waals surface area contributed by atoms with Gasteiger partial charge in [0.25, 0.3) is 0 Å². The third-order valence-corrected chi connectivity index (χ3v) is 6.40. The standard InChI is InChI=1S/C29H26N8O3/c1-29(2,3)22-16-23(37(36-22)17-8-5-4-6-9-17)33-27(38)32-19-11-12-20(24-18(19)10-7-14-30-24)40-21-13-15-31-26-25(21)34-28(39)35-26/h4-16,25H,1-3H3,(H,34,39)(H2,32,33,38). The van der Waals surface area contributed by atoms with Crippen LogP contribution in [0, 0.1) is 0 Å². The molecule has 2 aliphatic heterocycles. The Balaban J connectivity index is 1.26. The van der Waals surface area contributed by atoms with Gasteiger partial charge in [-0.05, 0) is 42.5 Å². The van der Waals surface area contributed by atoms with Crippen molar-refractivity contribution < 1.29 is 14.3 Å². The summed E-state index contributed by atoms with van der Waals surface area (Å²) >= 11 is 0. The summed E-state index contributed by atoms with van der Waals surface area (Å²) in [6.45, 7) is 6.21. The molecule has 1 atom stereocenters. The fourth-order valence-electron chi connectivity index (χ4n) is 4.40. The van der Waals surface area contributed by atoms with Crippen molar-refractivity contribution in [2.24, 2.45) is 9.98 Å². The average molecular weight is 535 g/mol. The number of carbonyl (C=O) groups excluding carboxylic acids is 2. The molecule has 0 saturated heterocycles. The number of amides is 4. The number of aromatic nitrogens is 3. The van der Waals surface area contributed by atoms with Crippen LogP contribution in [0.4, 0.5) is 21.1 Å². The number of anilines is 2. The van der Waals surface area contributed by atoms with Gasteiger partial charge in [-0.1, -0.05) is 39.0 Å². The molecule has 2 aromatic carbocycles. The highest BCUT2D eigenvalue weighted by atomic mass is 16.5. The van der Waals surface area contributed by atoms with Crippen LogP contribution < -0.4 is 20.7 Å². The van der Waals surface area contributed by atoms with Gasteiger partial charge in [-0.15, -0.1) is 0 Å². The number of ether oxygens (including phenoxy) is 1. The SMILES string of the molecule is CC(C)(C)c1cc(NC(=O)Nc2ccc(OC3=CC=NC4=NC(=O)NC34)c3ncccc23)n(-c2ccccc2)n1. The lowest BCUT2D eigenvalue weighted by Crippen LogP contribution is -2.36. The van der Waals surface area contributed by atoms with Crippen molar-refractivity contribution in [1.82, 2.24) is 20.1 Å². The van der Waals surface area contributed by atoms with Crippen LogP contribution >= 0.6 is 0 Å². The number of aliphatic imine (C=N–C) groups is 2. The van der Waals surface area contributed by atoms with Gasteiger partial charge in [-0.2, -0.15) is 10.1 Å². The number of para-hydroxylation sites is 1. The van der Waals surface area contributed by atoms with Gasteiger partial charge in [0.15, 0.2) is 11.6 Å². The first kappa shape index (κ1) is 25.0. The molecule has 2 aromatic heterocycles. The van der Waals surface area contributed by atoms with Gasteiger partial charge < -0.3 is 15.4 Å². The molecule has 0 fully saturated rings. The molecule has 0 bridgehead atoms. The minimum absolute atomic E-state index is 0.210. The Labute approximate surface area is 229 Å². The first-order valence-electron chi connectivity index (χ1n) is 12.7. The highest BCUT2D eigenvalue weighted by Gasteiger charge is 2.32. The Morgan fingerprint density at radius 2 is 1.88 bits per heavy atom. The van der Waals surface area contributed by atoms with Crippen molar-refractivity contribution in [2.75, 3.05) is 10.6 Å². The second kappa shape index (κ2) is 9.77. The van der Waals surface area contributed by atoms with E-state index >= 15 is 0 Å². The van der Waals surface area contributed by atoms with Crippen LogP contribution in [0.3, 0.4) is 0 Å². The number of nitrogens with zero attached hydrogens (tertiary/aromatic N) is 5. The number of urea groups is 2. The lowest BCUT2D eigenvalue weighted by molar-refractivity contribution is 0.249. The molecular weight excluding hydrogens is 508 g/mol. The number of benzene rings is 2. The molecule has 4 amide bonds. The summed E-state index contributed by atoms with van der Waals surface area (Å²) in [5, 5.41) is 14.0. The fourth-order valence-corrected chi connectivity index (χ4v) is 4.40. The van der Waals surface area contributed by atoms with Gasteiger partial charge in [0.1, 0.15) is 23.1 Å². The van der Waals surface area contributed by atoms with Gasteiger partial charge in [0.05, 0.1) is 17.1 Å². The molecule has 4 heterocycles. The third kappa shape index (κ3) is 4.80. The molecular formula is C29H26N8O3. The van der Waals surface area contributed by atoms with E-state index in [9.17, 15) is 9.59 Å². The van der Waals surface area contributed by atoms with Crippen LogP contribution in [-0.2, 0) is 5.41 Å². The molecule has 4 aromatic rings. The number of allylic oxidation sites excluding steroid dienone is 1. The molecule has 3 N–H and O–H groups in total. The molecule has 0 aliphatic carbocycles. The van der Waals surface area contributed by atoms with E-state index in [1.54, 1.807) is 35.2 Å². The van der Waals surface area contributed by atoms with E-state index in [-0.39, 0.29) is 5.41 Å². The van der Waals surface area contributed by atoms with Gasteiger partial charge in [-0.25, -0.2) is 19.3 Å². The van der Waals surface area contributed by atoms with Crippen molar-refractivity contribution in [3.8, 4) is 11.4 Å². The Bertz CT molecular complexity index is 1730. The zero-order valence-corrected chi connectivity index (χ0v) is 22.0. The van der Waals surface area contributed by atoms with Crippen LogP contribution in [-0.4, -0.2) is 44.9 Å². The summed E-state index contributed by atoms with van der Waals surface area (Å²) in [5.74, 6) is 1.81. The summed E-state index contributed by atoms with van der Waals surface area (Å²) < 4.78 is 7.88. The third-order valence-electron chi connectivity index (χ3n) is 6.40. The number of pyridine rings is 1. The number of nitrogens with one attached hydrogen (secondary N) is 3. The summed E-state index contributed by atoms with van der Waals surface area (Å²) in [5.41, 5.74) is 2.55. The number of hydrogen-bond donors (Lipinski definition) is 3. The minimum atomic E-state index is -0.563. The molecule has 6 rings (SSSR count). The summed E-state index contributed by atoms with van der Waals surface area (Å²) in [4.78, 5) is 37.4. The molecule has 11 heteroatoms. The molecule has 0 spiro atoms. The Morgan fingerprint density at radius 3 is 2.67 bits per heavy atom. The van der Waals surface area contributed by atoms with Crippen molar-refractivity contribution in [3.63, 3.8) is 0 Å². The zero-order chi connectivity index (χ0) is 27.9. The predicted octanol–water partition coefficient (Wildman–Crippen LogP) is 5.20. The van der Waals surface area contributed by atoms with Gasteiger partial charge >= 0.3 is 12.1 Å². The second-order valence-corrected chi connectivity index (χ2v) is 10.3. The van der Waals surface area contributed by atoms with E-state index in [4.69, 9.17) is 9.84 Å². The lowest BCUT2D eigenvalue weighted by Gasteiger charge is -2.19. The number of hydrogen-bond acceptors (Lipinski definition) is 6. The van der Waals surface area contributed by atoms with Gasteiger partial charge in [0, 0.05) is 29.3 Å². The summed E-state index contributed by atoms with van der Waals surface area (Å²) in [7, 11) is 0. The largest absolute Gasteiger partial charge is 0.457 e. The van der Waals surface area contributed by atoms with Gasteiger partial charge in [0.2, 0.25) is 0 Å². The minimum Gasteiger partial charge on any atom is -0.457 e. The van der Waals surface area contributed by atoms with E-state index in [1.807, 2.05) is 42.5 Å². The van der Waals surface area contributed by atoms with Crippen LogP contribution in [0.15, 0.2) is 88.7 Å². The Morgan fingerprint density at radius 1 is 1.05 bits per heavy atom. The van der Waals surface area contributed by atoms with Crippen molar-refractivity contribution in [3.05, 3.63) is 84.4 Å². The van der Waals surface area contributed by atoms with Crippen molar-refractivity contribution in [1.29, 1.82) is 0 Å². The summed E-state index contributed by atoms with van der Waals surface area (Å²) in [6, 6.07) is 17.1. The maximum absolute atomic E-state index is 13.2. The highest BCUT2D eigenvalue weighted by Crippen LogP contribution is 2.33. The molecule has 40 heavy (non-hydrogen) atoms. The van der Waals surface area contributed by atoms with E-state index in [1.165, 1.54) is 6.21 Å². The quantitative estimate of drug-likeness (QED) is 0.323.